The van der Waals surface area contributed by atoms with Crippen molar-refractivity contribution in [3.63, 3.8) is 0 Å². The molecule has 0 aromatic heterocycles. The lowest BCUT2D eigenvalue weighted by molar-refractivity contribution is -0.115. The van der Waals surface area contributed by atoms with Gasteiger partial charge in [0, 0.05) is 6.42 Å². The highest BCUT2D eigenvalue weighted by Crippen LogP contribution is 2.38. The van der Waals surface area contributed by atoms with E-state index in [1.54, 1.807) is 18.2 Å². The average Bonchev–Trinajstić information content (AvgIpc) is 2.99. The summed E-state index contributed by atoms with van der Waals surface area (Å²) in [6, 6.07) is 9.69. The fraction of sp³-hybridized carbons (Fsp3) is 0.304. The summed E-state index contributed by atoms with van der Waals surface area (Å²) in [6.07, 6.45) is 2.42. The van der Waals surface area contributed by atoms with E-state index in [4.69, 9.17) is 38.0 Å². The molecule has 8 heteroatoms. The second-order valence-electron chi connectivity index (χ2n) is 6.99. The van der Waals surface area contributed by atoms with E-state index >= 15 is 0 Å². The third-order valence-electron chi connectivity index (χ3n) is 4.27. The maximum atomic E-state index is 11.9. The summed E-state index contributed by atoms with van der Waals surface area (Å²) < 4.78 is 17.9. The van der Waals surface area contributed by atoms with Gasteiger partial charge in [-0.15, -0.1) is 0 Å². The highest BCUT2D eigenvalue weighted by molar-refractivity contribution is 8.26. The van der Waals surface area contributed by atoms with E-state index in [1.807, 2.05) is 32.9 Å². The van der Waals surface area contributed by atoms with E-state index in [0.29, 0.717) is 52.0 Å². The van der Waals surface area contributed by atoms with E-state index in [9.17, 15) is 4.79 Å². The summed E-state index contributed by atoms with van der Waals surface area (Å²) in [5, 5.41) is 3.01. The molecule has 0 spiro atoms. The first-order chi connectivity index (χ1) is 14.9. The number of halogens is 1. The SMILES string of the molecule is CCOc1cc(C=C2SC(=S)NC2=O)cc(Cl)c1OCCCOc1cc(C)cc(C)c1. The Kier molecular flexibility index (Phi) is 8.23. The van der Waals surface area contributed by atoms with Crippen LogP contribution in [0.3, 0.4) is 0 Å². The highest BCUT2D eigenvalue weighted by atomic mass is 35.5. The van der Waals surface area contributed by atoms with Crippen molar-refractivity contribution in [3.8, 4) is 17.2 Å². The Labute approximate surface area is 197 Å². The van der Waals surface area contributed by atoms with E-state index in [-0.39, 0.29) is 5.91 Å². The molecule has 2 aromatic rings. The number of carbonyl (C=O) groups excluding carboxylic acids is 1. The van der Waals surface area contributed by atoms with Gasteiger partial charge in [0.05, 0.1) is 29.7 Å². The van der Waals surface area contributed by atoms with Crippen LogP contribution in [0.25, 0.3) is 6.08 Å². The fourth-order valence-electron chi connectivity index (χ4n) is 3.09. The summed E-state index contributed by atoms with van der Waals surface area (Å²) in [7, 11) is 0. The van der Waals surface area contributed by atoms with Crippen molar-refractivity contribution in [1.29, 1.82) is 0 Å². The smallest absolute Gasteiger partial charge is 0.263 e. The molecule has 31 heavy (non-hydrogen) atoms. The van der Waals surface area contributed by atoms with Crippen molar-refractivity contribution in [1.82, 2.24) is 5.32 Å². The molecule has 1 heterocycles. The number of rotatable bonds is 9. The van der Waals surface area contributed by atoms with Crippen molar-refractivity contribution in [2.24, 2.45) is 0 Å². The van der Waals surface area contributed by atoms with Gasteiger partial charge in [0.1, 0.15) is 10.1 Å². The average molecular weight is 478 g/mol. The molecule has 0 aliphatic carbocycles. The van der Waals surface area contributed by atoms with Crippen LogP contribution in [-0.4, -0.2) is 30.0 Å². The molecule has 0 saturated carbocycles. The number of amides is 1. The number of thioether (sulfide) groups is 1. The van der Waals surface area contributed by atoms with Crippen LogP contribution in [-0.2, 0) is 4.79 Å². The Morgan fingerprint density at radius 3 is 2.42 bits per heavy atom. The Hall–Kier alpha value is -2.22. The minimum absolute atomic E-state index is 0.215. The van der Waals surface area contributed by atoms with Gasteiger partial charge in [-0.05, 0) is 67.8 Å². The monoisotopic (exact) mass is 477 g/mol. The van der Waals surface area contributed by atoms with Gasteiger partial charge in [-0.1, -0.05) is 41.6 Å². The Morgan fingerprint density at radius 2 is 1.77 bits per heavy atom. The fourth-order valence-corrected chi connectivity index (χ4v) is 4.40. The molecule has 5 nitrogen and oxygen atoms in total. The molecule has 164 valence electrons. The van der Waals surface area contributed by atoms with Gasteiger partial charge < -0.3 is 19.5 Å². The van der Waals surface area contributed by atoms with Gasteiger partial charge >= 0.3 is 0 Å². The van der Waals surface area contributed by atoms with E-state index in [1.165, 1.54) is 22.9 Å². The van der Waals surface area contributed by atoms with E-state index in [0.717, 1.165) is 11.3 Å². The maximum absolute atomic E-state index is 11.9. The molecule has 0 unspecified atom stereocenters. The third kappa shape index (κ3) is 6.63. The Balaban J connectivity index is 1.63. The normalized spacial score (nSPS) is 14.6. The molecule has 1 N–H and O–H groups in total. The molecular weight excluding hydrogens is 454 g/mol. The molecule has 1 amide bonds. The first kappa shape index (κ1) is 23.4. The van der Waals surface area contributed by atoms with Crippen LogP contribution >= 0.6 is 35.6 Å². The standard InChI is InChI=1S/C23H24ClNO4S2/c1-4-27-19-12-16(13-20-22(26)25-23(30)31-20)11-18(24)21(19)29-7-5-6-28-17-9-14(2)8-15(3)10-17/h8-13H,4-7H2,1-3H3,(H,25,26,30). The summed E-state index contributed by atoms with van der Waals surface area (Å²) in [5.41, 5.74) is 3.08. The van der Waals surface area contributed by atoms with Gasteiger partial charge in [0.15, 0.2) is 11.5 Å². The topological polar surface area (TPSA) is 56.8 Å². The number of hydrogen-bond donors (Lipinski definition) is 1. The second kappa shape index (κ2) is 10.9. The van der Waals surface area contributed by atoms with Crippen LogP contribution in [0.2, 0.25) is 5.02 Å². The van der Waals surface area contributed by atoms with Crippen LogP contribution in [0.4, 0.5) is 0 Å². The van der Waals surface area contributed by atoms with Gasteiger partial charge in [-0.2, -0.15) is 0 Å². The molecule has 1 aliphatic heterocycles. The quantitative estimate of drug-likeness (QED) is 0.284. The molecule has 1 fully saturated rings. The largest absolute Gasteiger partial charge is 0.493 e. The minimum atomic E-state index is -0.215. The van der Waals surface area contributed by atoms with Crippen molar-refractivity contribution in [2.75, 3.05) is 19.8 Å². The zero-order chi connectivity index (χ0) is 22.4. The molecule has 2 aromatic carbocycles. The minimum Gasteiger partial charge on any atom is -0.493 e. The predicted molar refractivity (Wildman–Crippen MR) is 130 cm³/mol. The lowest BCUT2D eigenvalue weighted by Crippen LogP contribution is -2.17. The van der Waals surface area contributed by atoms with Gasteiger partial charge in [0.25, 0.3) is 5.91 Å². The van der Waals surface area contributed by atoms with Gasteiger partial charge in [0.2, 0.25) is 0 Å². The number of hydrogen-bond acceptors (Lipinski definition) is 6. The molecule has 1 saturated heterocycles. The van der Waals surface area contributed by atoms with Crippen molar-refractivity contribution in [2.45, 2.75) is 27.2 Å². The van der Waals surface area contributed by atoms with Crippen molar-refractivity contribution in [3.05, 3.63) is 56.9 Å². The molecule has 0 atom stereocenters. The zero-order valence-corrected chi connectivity index (χ0v) is 20.0. The van der Waals surface area contributed by atoms with Crippen molar-refractivity contribution >= 4 is 51.9 Å². The summed E-state index contributed by atoms with van der Waals surface area (Å²) >= 11 is 12.7. The highest BCUT2D eigenvalue weighted by Gasteiger charge is 2.22. The lowest BCUT2D eigenvalue weighted by atomic mass is 10.1. The molecular formula is C23H24ClNO4S2. The Bertz CT molecular complexity index is 1000. The summed E-state index contributed by atoms with van der Waals surface area (Å²) in [4.78, 5) is 12.4. The van der Waals surface area contributed by atoms with Gasteiger partial charge in [-0.25, -0.2) is 0 Å². The number of thiocarbonyl (C=S) groups is 1. The van der Waals surface area contributed by atoms with Crippen LogP contribution in [0.15, 0.2) is 35.2 Å². The molecule has 1 aliphatic rings. The number of carbonyl (C=O) groups is 1. The van der Waals surface area contributed by atoms with Crippen LogP contribution in [0.1, 0.15) is 30.0 Å². The first-order valence-electron chi connectivity index (χ1n) is 9.91. The molecule has 0 bridgehead atoms. The number of ether oxygens (including phenoxy) is 3. The first-order valence-corrected chi connectivity index (χ1v) is 11.5. The third-order valence-corrected chi connectivity index (χ3v) is 5.71. The van der Waals surface area contributed by atoms with Crippen molar-refractivity contribution < 1.29 is 19.0 Å². The molecule has 3 rings (SSSR count). The van der Waals surface area contributed by atoms with Crippen LogP contribution in [0, 0.1) is 13.8 Å². The summed E-state index contributed by atoms with van der Waals surface area (Å²) in [6.45, 7) is 7.40. The lowest BCUT2D eigenvalue weighted by Gasteiger charge is -2.15. The second-order valence-corrected chi connectivity index (χ2v) is 9.12. The Morgan fingerprint density at radius 1 is 1.06 bits per heavy atom. The summed E-state index contributed by atoms with van der Waals surface area (Å²) in [5.74, 6) is 1.66. The van der Waals surface area contributed by atoms with Crippen LogP contribution < -0.4 is 19.5 Å². The van der Waals surface area contributed by atoms with Gasteiger partial charge in [-0.3, -0.25) is 4.79 Å². The number of benzene rings is 2. The maximum Gasteiger partial charge on any atom is 0.263 e. The van der Waals surface area contributed by atoms with E-state index in [2.05, 4.69) is 11.4 Å². The molecule has 0 radical (unpaired) electrons. The zero-order valence-electron chi connectivity index (χ0n) is 17.6. The number of aryl methyl sites for hydroxylation is 2. The number of nitrogens with one attached hydrogen (secondary N) is 1. The predicted octanol–water partition coefficient (Wildman–Crippen LogP) is 5.69. The van der Waals surface area contributed by atoms with Crippen LogP contribution in [0.5, 0.6) is 17.2 Å². The van der Waals surface area contributed by atoms with E-state index < -0.39 is 0 Å².